The van der Waals surface area contributed by atoms with Crippen molar-refractivity contribution in [3.63, 3.8) is 0 Å². The Morgan fingerprint density at radius 3 is 2.54 bits per heavy atom. The molecule has 2 aromatic carbocycles. The van der Waals surface area contributed by atoms with Gasteiger partial charge in [-0.1, -0.05) is 12.1 Å². The summed E-state index contributed by atoms with van der Waals surface area (Å²) >= 11 is 0. The first-order chi connectivity index (χ1) is 11.6. The van der Waals surface area contributed by atoms with Crippen molar-refractivity contribution >= 4 is 18.0 Å². The Balaban J connectivity index is 1.72. The number of amides is 2. The standard InChI is InChI=1S/C17H16FN3O3/c18-15-4-2-1-3-14(15)17(24)19-10-9-16(23)21-20-11-12-5-7-13(22)8-6-12/h1-8,11,22H,9-10H2,(H,19,24)(H,21,23)/b20-11+. The highest BCUT2D eigenvalue weighted by Gasteiger charge is 2.10. The summed E-state index contributed by atoms with van der Waals surface area (Å²) in [6.07, 6.45) is 1.43. The molecular weight excluding hydrogens is 313 g/mol. The van der Waals surface area contributed by atoms with Gasteiger partial charge in [0.1, 0.15) is 11.6 Å². The molecular formula is C17H16FN3O3. The lowest BCUT2D eigenvalue weighted by Crippen LogP contribution is -2.29. The number of hydrazone groups is 1. The smallest absolute Gasteiger partial charge is 0.254 e. The van der Waals surface area contributed by atoms with Crippen molar-refractivity contribution in [3.8, 4) is 5.75 Å². The van der Waals surface area contributed by atoms with Crippen LogP contribution in [0.4, 0.5) is 4.39 Å². The number of benzene rings is 2. The van der Waals surface area contributed by atoms with Gasteiger partial charge in [-0.3, -0.25) is 9.59 Å². The van der Waals surface area contributed by atoms with Crippen LogP contribution in [0.3, 0.4) is 0 Å². The maximum atomic E-state index is 13.4. The lowest BCUT2D eigenvalue weighted by atomic mass is 10.2. The fourth-order valence-electron chi connectivity index (χ4n) is 1.83. The van der Waals surface area contributed by atoms with Crippen molar-refractivity contribution in [2.75, 3.05) is 6.54 Å². The molecule has 2 rings (SSSR count). The maximum Gasteiger partial charge on any atom is 0.254 e. The summed E-state index contributed by atoms with van der Waals surface area (Å²) in [6, 6.07) is 11.9. The van der Waals surface area contributed by atoms with Crippen molar-refractivity contribution in [2.24, 2.45) is 5.10 Å². The molecule has 0 atom stereocenters. The highest BCUT2D eigenvalue weighted by Crippen LogP contribution is 2.07. The third kappa shape index (κ3) is 5.20. The van der Waals surface area contributed by atoms with Crippen LogP contribution >= 0.6 is 0 Å². The highest BCUT2D eigenvalue weighted by atomic mass is 19.1. The SMILES string of the molecule is O=C(CCNC(=O)c1ccccc1F)N/N=C/c1ccc(O)cc1. The van der Waals surface area contributed by atoms with Crippen LogP contribution in [0.25, 0.3) is 0 Å². The van der Waals surface area contributed by atoms with Gasteiger partial charge in [-0.2, -0.15) is 5.10 Å². The van der Waals surface area contributed by atoms with Crippen LogP contribution in [0.5, 0.6) is 5.75 Å². The van der Waals surface area contributed by atoms with Crippen molar-refractivity contribution in [2.45, 2.75) is 6.42 Å². The number of aromatic hydroxyl groups is 1. The molecule has 2 amide bonds. The van der Waals surface area contributed by atoms with Gasteiger partial charge in [-0.15, -0.1) is 0 Å². The minimum atomic E-state index is -0.613. The Morgan fingerprint density at radius 1 is 1.12 bits per heavy atom. The van der Waals surface area contributed by atoms with Gasteiger partial charge in [0.25, 0.3) is 5.91 Å². The van der Waals surface area contributed by atoms with Gasteiger partial charge in [-0.25, -0.2) is 9.82 Å². The minimum Gasteiger partial charge on any atom is -0.508 e. The summed E-state index contributed by atoms with van der Waals surface area (Å²) < 4.78 is 13.4. The molecule has 0 heterocycles. The summed E-state index contributed by atoms with van der Waals surface area (Å²) in [5.74, 6) is -1.44. The summed E-state index contributed by atoms with van der Waals surface area (Å²) in [7, 11) is 0. The Hall–Kier alpha value is -3.22. The molecule has 0 fully saturated rings. The molecule has 0 aliphatic heterocycles. The largest absolute Gasteiger partial charge is 0.508 e. The predicted octanol–water partition coefficient (Wildman–Crippen LogP) is 1.80. The number of hydrogen-bond acceptors (Lipinski definition) is 4. The van der Waals surface area contributed by atoms with Crippen LogP contribution in [0.2, 0.25) is 0 Å². The predicted molar refractivity (Wildman–Crippen MR) is 87.2 cm³/mol. The second-order valence-electron chi connectivity index (χ2n) is 4.87. The van der Waals surface area contributed by atoms with Gasteiger partial charge < -0.3 is 10.4 Å². The van der Waals surface area contributed by atoms with Gasteiger partial charge in [0.2, 0.25) is 5.91 Å². The first-order valence-electron chi connectivity index (χ1n) is 7.20. The van der Waals surface area contributed by atoms with Gasteiger partial charge >= 0.3 is 0 Å². The molecule has 7 heteroatoms. The molecule has 0 radical (unpaired) electrons. The molecule has 3 N–H and O–H groups in total. The van der Waals surface area contributed by atoms with Crippen LogP contribution < -0.4 is 10.7 Å². The number of nitrogens with zero attached hydrogens (tertiary/aromatic N) is 1. The Morgan fingerprint density at radius 2 is 1.83 bits per heavy atom. The molecule has 0 saturated carbocycles. The Kier molecular flexibility index (Phi) is 6.01. The molecule has 6 nitrogen and oxygen atoms in total. The van der Waals surface area contributed by atoms with E-state index in [1.807, 2.05) is 0 Å². The second-order valence-corrected chi connectivity index (χ2v) is 4.87. The van der Waals surface area contributed by atoms with E-state index in [1.165, 1.54) is 36.5 Å². The number of carbonyl (C=O) groups is 2. The molecule has 24 heavy (non-hydrogen) atoms. The van der Waals surface area contributed by atoms with Crippen LogP contribution in [0, 0.1) is 5.82 Å². The van der Waals surface area contributed by atoms with E-state index in [4.69, 9.17) is 5.11 Å². The first-order valence-corrected chi connectivity index (χ1v) is 7.20. The summed E-state index contributed by atoms with van der Waals surface area (Å²) in [6.45, 7) is 0.0632. The maximum absolute atomic E-state index is 13.4. The third-order valence-corrected chi connectivity index (χ3v) is 3.05. The fraction of sp³-hybridized carbons (Fsp3) is 0.118. The molecule has 0 aromatic heterocycles. The van der Waals surface area contributed by atoms with E-state index in [9.17, 15) is 14.0 Å². The average molecular weight is 329 g/mol. The zero-order valence-corrected chi connectivity index (χ0v) is 12.7. The lowest BCUT2D eigenvalue weighted by Gasteiger charge is -2.05. The molecule has 2 aromatic rings. The van der Waals surface area contributed by atoms with Crippen LogP contribution in [0.15, 0.2) is 53.6 Å². The summed E-state index contributed by atoms with van der Waals surface area (Å²) in [5.41, 5.74) is 2.96. The normalized spacial score (nSPS) is 10.5. The van der Waals surface area contributed by atoms with Crippen molar-refractivity contribution in [1.29, 1.82) is 0 Å². The molecule has 0 bridgehead atoms. The number of halogens is 1. The van der Waals surface area contributed by atoms with E-state index in [1.54, 1.807) is 18.2 Å². The number of carbonyl (C=O) groups excluding carboxylic acids is 2. The second kappa shape index (κ2) is 8.42. The molecule has 0 aliphatic rings. The van der Waals surface area contributed by atoms with Crippen molar-refractivity contribution < 1.29 is 19.1 Å². The monoisotopic (exact) mass is 329 g/mol. The fourth-order valence-corrected chi connectivity index (χ4v) is 1.83. The van der Waals surface area contributed by atoms with E-state index in [0.717, 1.165) is 0 Å². The molecule has 0 spiro atoms. The van der Waals surface area contributed by atoms with Gasteiger partial charge in [0.15, 0.2) is 0 Å². The van der Waals surface area contributed by atoms with Crippen LogP contribution in [0.1, 0.15) is 22.3 Å². The number of hydrogen-bond donors (Lipinski definition) is 3. The zero-order chi connectivity index (χ0) is 17.4. The van der Waals surface area contributed by atoms with Gasteiger partial charge in [0, 0.05) is 13.0 Å². The molecule has 124 valence electrons. The Bertz CT molecular complexity index is 745. The van der Waals surface area contributed by atoms with Gasteiger partial charge in [-0.05, 0) is 42.0 Å². The van der Waals surface area contributed by atoms with E-state index >= 15 is 0 Å². The molecule has 0 saturated heterocycles. The van der Waals surface area contributed by atoms with Crippen LogP contribution in [-0.4, -0.2) is 29.7 Å². The topological polar surface area (TPSA) is 90.8 Å². The lowest BCUT2D eigenvalue weighted by molar-refractivity contribution is -0.120. The number of nitrogens with one attached hydrogen (secondary N) is 2. The third-order valence-electron chi connectivity index (χ3n) is 3.05. The minimum absolute atomic E-state index is 0.00705. The first kappa shape index (κ1) is 17.1. The Labute approximate surface area is 138 Å². The van der Waals surface area contributed by atoms with E-state index < -0.39 is 11.7 Å². The quantitative estimate of drug-likeness (QED) is 0.557. The number of rotatable bonds is 6. The van der Waals surface area contributed by atoms with Crippen LogP contribution in [-0.2, 0) is 4.79 Å². The van der Waals surface area contributed by atoms with E-state index in [-0.39, 0.29) is 30.2 Å². The number of phenolic OH excluding ortho intramolecular Hbond substituents is 1. The van der Waals surface area contributed by atoms with E-state index in [0.29, 0.717) is 5.56 Å². The van der Waals surface area contributed by atoms with E-state index in [2.05, 4.69) is 15.8 Å². The van der Waals surface area contributed by atoms with Gasteiger partial charge in [0.05, 0.1) is 11.8 Å². The zero-order valence-electron chi connectivity index (χ0n) is 12.7. The summed E-state index contributed by atoms with van der Waals surface area (Å²) in [5, 5.41) is 15.4. The molecule has 0 aliphatic carbocycles. The van der Waals surface area contributed by atoms with Crippen molar-refractivity contribution in [1.82, 2.24) is 10.7 Å². The average Bonchev–Trinajstić information content (AvgIpc) is 2.57. The number of phenols is 1. The molecule has 0 unspecified atom stereocenters. The highest BCUT2D eigenvalue weighted by molar-refractivity contribution is 5.94. The summed E-state index contributed by atoms with van der Waals surface area (Å²) in [4.78, 5) is 23.3. The van der Waals surface area contributed by atoms with Crippen molar-refractivity contribution in [3.05, 3.63) is 65.5 Å².